The van der Waals surface area contributed by atoms with Crippen molar-refractivity contribution in [2.75, 3.05) is 30.3 Å². The Labute approximate surface area is 119 Å². The fourth-order valence-electron chi connectivity index (χ4n) is 1.90. The topological polar surface area (TPSA) is 58.4 Å². The molecule has 0 aliphatic heterocycles. The second-order valence-electron chi connectivity index (χ2n) is 4.73. The van der Waals surface area contributed by atoms with E-state index in [1.807, 2.05) is 37.2 Å². The van der Waals surface area contributed by atoms with Gasteiger partial charge < -0.3 is 9.47 Å². The maximum atomic E-state index is 12.6. The van der Waals surface area contributed by atoms with Gasteiger partial charge in [0.05, 0.1) is 17.7 Å². The smallest absolute Gasteiger partial charge is 0.283 e. The number of nitrogens with zero attached hydrogens (tertiary/aromatic N) is 4. The molecule has 0 saturated heterocycles. The zero-order valence-electron chi connectivity index (χ0n) is 12.0. The number of anilines is 2. The van der Waals surface area contributed by atoms with Crippen LogP contribution in [0.2, 0.25) is 0 Å². The fraction of sp³-hybridized carbons (Fsp3) is 0.308. The van der Waals surface area contributed by atoms with E-state index in [4.69, 9.17) is 0 Å². The third kappa shape index (κ3) is 2.49. The first-order valence-electron chi connectivity index (χ1n) is 6.07. The summed E-state index contributed by atoms with van der Waals surface area (Å²) < 4.78 is 28.0. The zero-order chi connectivity index (χ0) is 14.9. The molecule has 0 spiro atoms. The van der Waals surface area contributed by atoms with Crippen molar-refractivity contribution in [2.24, 2.45) is 7.05 Å². The second-order valence-corrected chi connectivity index (χ2v) is 6.65. The van der Waals surface area contributed by atoms with Crippen LogP contribution in [0.15, 0.2) is 41.8 Å². The van der Waals surface area contributed by atoms with Crippen LogP contribution in [0.5, 0.6) is 0 Å². The second kappa shape index (κ2) is 5.16. The van der Waals surface area contributed by atoms with Crippen LogP contribution in [-0.2, 0) is 17.1 Å². The Kier molecular flexibility index (Phi) is 3.71. The summed E-state index contributed by atoms with van der Waals surface area (Å²) >= 11 is 0. The number of para-hydroxylation sites is 2. The van der Waals surface area contributed by atoms with E-state index in [1.165, 1.54) is 23.9 Å². The Morgan fingerprint density at radius 1 is 1.10 bits per heavy atom. The van der Waals surface area contributed by atoms with Gasteiger partial charge in [-0.25, -0.2) is 4.98 Å². The van der Waals surface area contributed by atoms with Crippen molar-refractivity contribution < 1.29 is 8.42 Å². The normalized spacial score (nSPS) is 11.4. The molecule has 7 heteroatoms. The van der Waals surface area contributed by atoms with Crippen LogP contribution in [-0.4, -0.2) is 39.1 Å². The van der Waals surface area contributed by atoms with Gasteiger partial charge in [-0.05, 0) is 12.1 Å². The summed E-state index contributed by atoms with van der Waals surface area (Å²) in [6, 6.07) is 7.34. The average molecular weight is 294 g/mol. The van der Waals surface area contributed by atoms with Crippen LogP contribution in [0, 0.1) is 0 Å². The van der Waals surface area contributed by atoms with Crippen LogP contribution >= 0.6 is 0 Å². The largest absolute Gasteiger partial charge is 0.376 e. The van der Waals surface area contributed by atoms with E-state index in [0.29, 0.717) is 5.69 Å². The van der Waals surface area contributed by atoms with Gasteiger partial charge in [-0.15, -0.1) is 0 Å². The Bertz CT molecular complexity index is 707. The molecule has 20 heavy (non-hydrogen) atoms. The van der Waals surface area contributed by atoms with E-state index in [1.54, 1.807) is 17.7 Å². The van der Waals surface area contributed by atoms with Crippen molar-refractivity contribution >= 4 is 21.4 Å². The van der Waals surface area contributed by atoms with Gasteiger partial charge in [-0.2, -0.15) is 8.42 Å². The molecule has 1 aromatic heterocycles. The van der Waals surface area contributed by atoms with E-state index in [2.05, 4.69) is 4.98 Å². The molecule has 108 valence electrons. The molecule has 0 N–H and O–H groups in total. The maximum absolute atomic E-state index is 12.6. The Balaban J connectivity index is 2.49. The molecule has 1 heterocycles. The molecule has 0 unspecified atom stereocenters. The van der Waals surface area contributed by atoms with Gasteiger partial charge in [0.15, 0.2) is 5.03 Å². The van der Waals surface area contributed by atoms with Crippen LogP contribution in [0.25, 0.3) is 0 Å². The third-order valence-corrected chi connectivity index (χ3v) is 4.67. The van der Waals surface area contributed by atoms with Crippen molar-refractivity contribution in [3.05, 3.63) is 36.8 Å². The van der Waals surface area contributed by atoms with Gasteiger partial charge in [0.25, 0.3) is 10.0 Å². The van der Waals surface area contributed by atoms with E-state index in [9.17, 15) is 8.42 Å². The predicted molar refractivity (Wildman–Crippen MR) is 79.6 cm³/mol. The number of imidazole rings is 1. The number of benzene rings is 1. The van der Waals surface area contributed by atoms with Gasteiger partial charge in [-0.1, -0.05) is 12.1 Å². The highest BCUT2D eigenvalue weighted by Crippen LogP contribution is 2.30. The number of hydrogen-bond acceptors (Lipinski definition) is 4. The fourth-order valence-corrected chi connectivity index (χ4v) is 3.07. The molecule has 0 bridgehead atoms. The van der Waals surface area contributed by atoms with E-state index in [0.717, 1.165) is 5.69 Å². The molecule has 0 aliphatic rings. The lowest BCUT2D eigenvalue weighted by molar-refractivity contribution is 0.591. The summed E-state index contributed by atoms with van der Waals surface area (Å²) in [5, 5.41) is 0.0380. The zero-order valence-corrected chi connectivity index (χ0v) is 12.8. The van der Waals surface area contributed by atoms with Crippen LogP contribution < -0.4 is 9.21 Å². The summed E-state index contributed by atoms with van der Waals surface area (Å²) in [7, 11) is 3.37. The summed E-state index contributed by atoms with van der Waals surface area (Å²) in [5.74, 6) is 0. The highest BCUT2D eigenvalue weighted by molar-refractivity contribution is 7.92. The summed E-state index contributed by atoms with van der Waals surface area (Å²) in [5.41, 5.74) is 1.44. The monoisotopic (exact) mass is 294 g/mol. The predicted octanol–water partition coefficient (Wildman–Crippen LogP) is 1.31. The minimum absolute atomic E-state index is 0.0380. The number of sulfonamides is 1. The van der Waals surface area contributed by atoms with Crippen LogP contribution in [0.3, 0.4) is 0 Å². The molecule has 1 aromatic carbocycles. The molecule has 0 amide bonds. The summed E-state index contributed by atoms with van der Waals surface area (Å²) in [6.45, 7) is 0. The van der Waals surface area contributed by atoms with Gasteiger partial charge in [0.1, 0.15) is 0 Å². The first-order valence-corrected chi connectivity index (χ1v) is 7.51. The Morgan fingerprint density at radius 3 is 2.20 bits per heavy atom. The van der Waals surface area contributed by atoms with Crippen LogP contribution in [0.1, 0.15) is 0 Å². The lowest BCUT2D eigenvalue weighted by atomic mass is 10.2. The van der Waals surface area contributed by atoms with Crippen molar-refractivity contribution in [2.45, 2.75) is 5.03 Å². The minimum Gasteiger partial charge on any atom is -0.376 e. The molecule has 2 aromatic rings. The molecule has 0 saturated carbocycles. The van der Waals surface area contributed by atoms with E-state index < -0.39 is 10.0 Å². The number of aryl methyl sites for hydroxylation is 1. The molecule has 0 atom stereocenters. The summed E-state index contributed by atoms with van der Waals surface area (Å²) in [6.07, 6.45) is 2.96. The number of hydrogen-bond donors (Lipinski definition) is 0. The Hall–Kier alpha value is -2.02. The lowest BCUT2D eigenvalue weighted by Crippen LogP contribution is -2.28. The van der Waals surface area contributed by atoms with E-state index >= 15 is 0 Å². The average Bonchev–Trinajstić information content (AvgIpc) is 2.85. The third-order valence-electron chi connectivity index (χ3n) is 3.01. The highest BCUT2D eigenvalue weighted by atomic mass is 32.2. The lowest BCUT2D eigenvalue weighted by Gasteiger charge is -2.24. The molecule has 0 aliphatic carbocycles. The molecule has 6 nitrogen and oxygen atoms in total. The van der Waals surface area contributed by atoms with Gasteiger partial charge in [0.2, 0.25) is 0 Å². The first-order chi connectivity index (χ1) is 9.34. The minimum atomic E-state index is -3.65. The van der Waals surface area contributed by atoms with Crippen molar-refractivity contribution in [1.82, 2.24) is 9.55 Å². The van der Waals surface area contributed by atoms with Crippen molar-refractivity contribution in [3.63, 3.8) is 0 Å². The molecular formula is C13H18N4O2S. The molecular weight excluding hydrogens is 276 g/mol. The standard InChI is InChI=1S/C13H18N4O2S/c1-15(2)11-7-5-6-8-12(11)17(4)20(18,19)13-9-16(3)10-14-13/h5-10H,1-4H3. The molecule has 0 radical (unpaired) electrons. The SMILES string of the molecule is CN(C)c1ccccc1N(C)S(=O)(=O)c1cn(C)cn1. The van der Waals surface area contributed by atoms with Crippen LogP contribution in [0.4, 0.5) is 11.4 Å². The van der Waals surface area contributed by atoms with E-state index in [-0.39, 0.29) is 5.03 Å². The van der Waals surface area contributed by atoms with Gasteiger partial charge in [0, 0.05) is 34.4 Å². The highest BCUT2D eigenvalue weighted by Gasteiger charge is 2.25. The number of aromatic nitrogens is 2. The Morgan fingerprint density at radius 2 is 1.70 bits per heavy atom. The summed E-state index contributed by atoms with van der Waals surface area (Å²) in [4.78, 5) is 5.80. The molecule has 0 fully saturated rings. The van der Waals surface area contributed by atoms with Crippen molar-refractivity contribution in [1.29, 1.82) is 0 Å². The first kappa shape index (κ1) is 14.4. The van der Waals surface area contributed by atoms with Gasteiger partial charge in [-0.3, -0.25) is 4.31 Å². The van der Waals surface area contributed by atoms with Crippen molar-refractivity contribution in [3.8, 4) is 0 Å². The maximum Gasteiger partial charge on any atom is 0.283 e. The quantitative estimate of drug-likeness (QED) is 0.853. The molecule has 2 rings (SSSR count). The van der Waals surface area contributed by atoms with Gasteiger partial charge >= 0.3 is 0 Å². The number of rotatable bonds is 4.